The SMILES string of the molecule is CCc1cc(C(=O)NCC2CN(C(=O)C3CCOCC3)C2)c2nccc(C(C)C)c2c1. The molecule has 31 heavy (non-hydrogen) atoms. The zero-order valence-electron chi connectivity index (χ0n) is 18.8. The highest BCUT2D eigenvalue weighted by Crippen LogP contribution is 2.28. The lowest BCUT2D eigenvalue weighted by molar-refractivity contribution is -0.144. The van der Waals surface area contributed by atoms with Crippen molar-refractivity contribution >= 4 is 22.7 Å². The van der Waals surface area contributed by atoms with Crippen LogP contribution in [0.3, 0.4) is 0 Å². The highest BCUT2D eigenvalue weighted by Gasteiger charge is 2.35. The van der Waals surface area contributed by atoms with Gasteiger partial charge >= 0.3 is 0 Å². The standard InChI is InChI=1S/C25H33N3O3/c1-4-17-11-21-20(16(2)3)5-8-26-23(21)22(12-17)24(29)27-13-18-14-28(15-18)25(30)19-6-9-31-10-7-19/h5,8,11-12,16,18-19H,4,6-7,9-10,13-15H2,1-3H3,(H,27,29). The smallest absolute Gasteiger partial charge is 0.253 e. The first kappa shape index (κ1) is 21.8. The zero-order chi connectivity index (χ0) is 22.0. The monoisotopic (exact) mass is 423 g/mol. The number of amides is 2. The molecule has 0 spiro atoms. The molecule has 1 N–H and O–H groups in total. The molecule has 2 aromatic rings. The van der Waals surface area contributed by atoms with Crippen LogP contribution < -0.4 is 5.32 Å². The Hall–Kier alpha value is -2.47. The average molecular weight is 424 g/mol. The predicted molar refractivity (Wildman–Crippen MR) is 121 cm³/mol. The van der Waals surface area contributed by atoms with Gasteiger partial charge in [0.15, 0.2) is 0 Å². The number of rotatable bonds is 6. The number of nitrogens with one attached hydrogen (secondary N) is 1. The molecule has 0 aliphatic carbocycles. The average Bonchev–Trinajstić information content (AvgIpc) is 2.76. The number of pyridine rings is 1. The van der Waals surface area contributed by atoms with E-state index in [1.54, 1.807) is 6.20 Å². The molecule has 4 rings (SSSR count). The van der Waals surface area contributed by atoms with Crippen molar-refractivity contribution < 1.29 is 14.3 Å². The van der Waals surface area contributed by atoms with Crippen LogP contribution in [0.1, 0.15) is 61.0 Å². The van der Waals surface area contributed by atoms with Crippen LogP contribution in [-0.4, -0.2) is 54.5 Å². The van der Waals surface area contributed by atoms with Crippen molar-refractivity contribution in [2.75, 3.05) is 32.8 Å². The predicted octanol–water partition coefficient (Wildman–Crippen LogP) is 3.54. The van der Waals surface area contributed by atoms with Crippen LogP contribution in [0.25, 0.3) is 10.9 Å². The van der Waals surface area contributed by atoms with Crippen LogP contribution in [0.15, 0.2) is 24.4 Å². The maximum atomic E-state index is 13.1. The summed E-state index contributed by atoms with van der Waals surface area (Å²) in [5.74, 6) is 0.949. The molecule has 166 valence electrons. The molecule has 1 aromatic heterocycles. The Morgan fingerprint density at radius 1 is 1.23 bits per heavy atom. The van der Waals surface area contributed by atoms with E-state index in [9.17, 15) is 9.59 Å². The third-order valence-electron chi connectivity index (χ3n) is 6.60. The number of ether oxygens (including phenoxy) is 1. The number of hydrogen-bond acceptors (Lipinski definition) is 4. The van der Waals surface area contributed by atoms with E-state index >= 15 is 0 Å². The maximum absolute atomic E-state index is 13.1. The Morgan fingerprint density at radius 3 is 2.65 bits per heavy atom. The van der Waals surface area contributed by atoms with Crippen molar-refractivity contribution in [2.24, 2.45) is 11.8 Å². The van der Waals surface area contributed by atoms with Gasteiger partial charge in [-0.1, -0.05) is 20.8 Å². The fourth-order valence-corrected chi connectivity index (χ4v) is 4.63. The number of carbonyl (C=O) groups excluding carboxylic acids is 2. The summed E-state index contributed by atoms with van der Waals surface area (Å²) in [4.78, 5) is 32.1. The van der Waals surface area contributed by atoms with E-state index in [1.165, 1.54) is 5.56 Å². The van der Waals surface area contributed by atoms with Gasteiger partial charge in [-0.05, 0) is 54.5 Å². The van der Waals surface area contributed by atoms with E-state index in [0.29, 0.717) is 37.2 Å². The van der Waals surface area contributed by atoms with Gasteiger partial charge in [0.2, 0.25) is 5.91 Å². The van der Waals surface area contributed by atoms with E-state index < -0.39 is 0 Å². The lowest BCUT2D eigenvalue weighted by Gasteiger charge is -2.41. The summed E-state index contributed by atoms with van der Waals surface area (Å²) in [5.41, 5.74) is 3.78. The minimum absolute atomic E-state index is 0.0806. The summed E-state index contributed by atoms with van der Waals surface area (Å²) < 4.78 is 5.35. The van der Waals surface area contributed by atoms with Gasteiger partial charge in [0.1, 0.15) is 0 Å². The third-order valence-corrected chi connectivity index (χ3v) is 6.60. The van der Waals surface area contributed by atoms with Gasteiger partial charge in [0.25, 0.3) is 5.91 Å². The molecular formula is C25H33N3O3. The number of hydrogen-bond donors (Lipinski definition) is 1. The number of aryl methyl sites for hydroxylation is 1. The molecule has 2 fully saturated rings. The summed E-state index contributed by atoms with van der Waals surface area (Å²) in [6.45, 7) is 9.82. The molecule has 2 amide bonds. The van der Waals surface area contributed by atoms with Crippen LogP contribution in [0.5, 0.6) is 0 Å². The number of carbonyl (C=O) groups is 2. The van der Waals surface area contributed by atoms with Gasteiger partial charge in [-0.3, -0.25) is 14.6 Å². The molecule has 0 atom stereocenters. The van der Waals surface area contributed by atoms with Crippen molar-refractivity contribution in [1.82, 2.24) is 15.2 Å². The van der Waals surface area contributed by atoms with E-state index in [1.807, 2.05) is 17.0 Å². The summed E-state index contributed by atoms with van der Waals surface area (Å²) in [6.07, 6.45) is 4.31. The van der Waals surface area contributed by atoms with Gasteiger partial charge in [-0.15, -0.1) is 0 Å². The Labute approximate surface area is 184 Å². The van der Waals surface area contributed by atoms with Crippen molar-refractivity contribution in [1.29, 1.82) is 0 Å². The summed E-state index contributed by atoms with van der Waals surface area (Å²) >= 11 is 0. The normalized spacial score (nSPS) is 17.7. The molecule has 2 aliphatic rings. The highest BCUT2D eigenvalue weighted by atomic mass is 16.5. The molecule has 0 unspecified atom stereocenters. The van der Waals surface area contributed by atoms with Gasteiger partial charge in [-0.2, -0.15) is 0 Å². The van der Waals surface area contributed by atoms with Crippen LogP contribution in [0.4, 0.5) is 0 Å². The van der Waals surface area contributed by atoms with Gasteiger partial charge in [0, 0.05) is 56.3 Å². The van der Waals surface area contributed by atoms with Crippen LogP contribution in [0.2, 0.25) is 0 Å². The number of fused-ring (bicyclic) bond motifs is 1. The number of likely N-dealkylation sites (tertiary alicyclic amines) is 1. The van der Waals surface area contributed by atoms with Gasteiger partial charge in [-0.25, -0.2) is 0 Å². The lowest BCUT2D eigenvalue weighted by Crippen LogP contribution is -2.55. The molecular weight excluding hydrogens is 390 g/mol. The van der Waals surface area contributed by atoms with Crippen molar-refractivity contribution in [3.63, 3.8) is 0 Å². The zero-order valence-corrected chi connectivity index (χ0v) is 18.8. The number of nitrogens with zero attached hydrogens (tertiary/aromatic N) is 2. The Morgan fingerprint density at radius 2 is 1.97 bits per heavy atom. The van der Waals surface area contributed by atoms with Gasteiger partial charge in [0.05, 0.1) is 11.1 Å². The third kappa shape index (κ3) is 4.59. The summed E-state index contributed by atoms with van der Waals surface area (Å²) in [7, 11) is 0. The molecule has 6 nitrogen and oxygen atoms in total. The molecule has 3 heterocycles. The summed E-state index contributed by atoms with van der Waals surface area (Å²) in [6, 6.07) is 6.18. The fraction of sp³-hybridized carbons (Fsp3) is 0.560. The molecule has 2 saturated heterocycles. The molecule has 0 bridgehead atoms. The van der Waals surface area contributed by atoms with Crippen molar-refractivity contribution in [2.45, 2.75) is 46.0 Å². The summed E-state index contributed by atoms with van der Waals surface area (Å²) in [5, 5.41) is 4.16. The minimum Gasteiger partial charge on any atom is -0.381 e. The second kappa shape index (κ2) is 9.35. The first-order chi connectivity index (χ1) is 15.0. The van der Waals surface area contributed by atoms with E-state index in [-0.39, 0.29) is 17.7 Å². The van der Waals surface area contributed by atoms with Crippen molar-refractivity contribution in [3.05, 3.63) is 41.1 Å². The Balaban J connectivity index is 1.40. The van der Waals surface area contributed by atoms with Gasteiger partial charge < -0.3 is 15.0 Å². The van der Waals surface area contributed by atoms with E-state index in [4.69, 9.17) is 4.74 Å². The second-order valence-corrected chi connectivity index (χ2v) is 9.15. The number of benzene rings is 1. The van der Waals surface area contributed by atoms with Crippen LogP contribution in [-0.2, 0) is 16.0 Å². The van der Waals surface area contributed by atoms with Crippen LogP contribution in [0, 0.1) is 11.8 Å². The molecule has 0 radical (unpaired) electrons. The topological polar surface area (TPSA) is 71.5 Å². The quantitative estimate of drug-likeness (QED) is 0.772. The second-order valence-electron chi connectivity index (χ2n) is 9.15. The largest absolute Gasteiger partial charge is 0.381 e. The fourth-order valence-electron chi connectivity index (χ4n) is 4.63. The first-order valence-corrected chi connectivity index (χ1v) is 11.5. The minimum atomic E-state index is -0.0806. The molecule has 6 heteroatoms. The first-order valence-electron chi connectivity index (χ1n) is 11.5. The maximum Gasteiger partial charge on any atom is 0.253 e. The van der Waals surface area contributed by atoms with E-state index in [0.717, 1.165) is 48.8 Å². The van der Waals surface area contributed by atoms with E-state index in [2.05, 4.69) is 37.1 Å². The highest BCUT2D eigenvalue weighted by molar-refractivity contribution is 6.06. The van der Waals surface area contributed by atoms with Crippen LogP contribution >= 0.6 is 0 Å². The Bertz CT molecular complexity index is 960. The number of aromatic nitrogens is 1. The lowest BCUT2D eigenvalue weighted by atomic mass is 9.93. The molecule has 0 saturated carbocycles. The molecule has 1 aromatic carbocycles. The Kier molecular flexibility index (Phi) is 6.56. The molecule has 2 aliphatic heterocycles. The van der Waals surface area contributed by atoms with Crippen molar-refractivity contribution in [3.8, 4) is 0 Å².